The summed E-state index contributed by atoms with van der Waals surface area (Å²) < 4.78 is 62.1. The van der Waals surface area contributed by atoms with E-state index in [2.05, 4.69) is 15.0 Å². The largest absolute Gasteiger partial charge is 0.483 e. The van der Waals surface area contributed by atoms with Crippen molar-refractivity contribution in [3.8, 4) is 22.9 Å². The molecule has 1 aliphatic rings. The molecule has 0 fully saturated rings. The van der Waals surface area contributed by atoms with Crippen LogP contribution < -0.4 is 14.4 Å². The number of ether oxygens (including phenoxy) is 2. The summed E-state index contributed by atoms with van der Waals surface area (Å²) in [4.78, 5) is 26.9. The van der Waals surface area contributed by atoms with Crippen molar-refractivity contribution in [2.75, 3.05) is 18.1 Å². The van der Waals surface area contributed by atoms with Gasteiger partial charge in [0.25, 0.3) is 5.91 Å². The van der Waals surface area contributed by atoms with Crippen LogP contribution in [-0.4, -0.2) is 51.0 Å². The van der Waals surface area contributed by atoms with Crippen molar-refractivity contribution in [1.82, 2.24) is 15.0 Å². The van der Waals surface area contributed by atoms with Gasteiger partial charge in [-0.1, -0.05) is 0 Å². The lowest BCUT2D eigenvalue weighted by Crippen LogP contribution is -2.28. The van der Waals surface area contributed by atoms with Crippen molar-refractivity contribution in [2.45, 2.75) is 32.2 Å². The first kappa shape index (κ1) is 24.3. The van der Waals surface area contributed by atoms with Crippen molar-refractivity contribution < 1.29 is 36.9 Å². The maximum Gasteiger partial charge on any atom is 0.422 e. The summed E-state index contributed by atoms with van der Waals surface area (Å²) in [7, 11) is 0. The van der Waals surface area contributed by atoms with Crippen LogP contribution in [0, 0.1) is 5.82 Å². The fourth-order valence-corrected chi connectivity index (χ4v) is 3.39. The summed E-state index contributed by atoms with van der Waals surface area (Å²) in [5.41, 5.74) is -0.0770. The second-order valence-corrected chi connectivity index (χ2v) is 8.44. The zero-order valence-corrected chi connectivity index (χ0v) is 18.6. The number of carbonyl (C=O) groups excluding carboxylic acids is 1. The van der Waals surface area contributed by atoms with Gasteiger partial charge in [0, 0.05) is 29.0 Å². The van der Waals surface area contributed by atoms with Gasteiger partial charge in [-0.25, -0.2) is 14.4 Å². The topological polar surface area (TPSA) is 97.7 Å². The first-order valence-electron chi connectivity index (χ1n) is 10.4. The Labute approximate surface area is 197 Å². The highest BCUT2D eigenvalue weighted by Gasteiger charge is 2.34. The quantitative estimate of drug-likeness (QED) is 0.499. The van der Waals surface area contributed by atoms with Gasteiger partial charge in [0.2, 0.25) is 5.88 Å². The number of alkyl halides is 3. The molecule has 1 N–H and O–H groups in total. The van der Waals surface area contributed by atoms with E-state index in [0.29, 0.717) is 5.56 Å². The normalized spacial score (nSPS) is 13.7. The summed E-state index contributed by atoms with van der Waals surface area (Å²) in [6.07, 6.45) is -0.651. The Morgan fingerprint density at radius 3 is 2.46 bits per heavy atom. The van der Waals surface area contributed by atoms with E-state index in [1.807, 2.05) is 0 Å². The van der Waals surface area contributed by atoms with Gasteiger partial charge in [-0.2, -0.15) is 13.2 Å². The van der Waals surface area contributed by atoms with Gasteiger partial charge < -0.3 is 14.6 Å². The van der Waals surface area contributed by atoms with E-state index < -0.39 is 30.1 Å². The fourth-order valence-electron chi connectivity index (χ4n) is 3.39. The minimum atomic E-state index is -4.62. The standard InChI is InChI=1S/C23H20F4N4O4/c1-22(2,33)11-35-19-9-29-18(8-30-19)31-10-16-14(21(31)32)5-6-28-20(16)15-4-3-13(24)7-17(15)34-12-23(25,26)27/h3-9,33H,10-12H2,1-2H3. The summed E-state index contributed by atoms with van der Waals surface area (Å²) in [6.45, 7) is 1.52. The van der Waals surface area contributed by atoms with E-state index in [4.69, 9.17) is 9.47 Å². The lowest BCUT2D eigenvalue weighted by atomic mass is 10.0. The van der Waals surface area contributed by atoms with Crippen LogP contribution in [0.25, 0.3) is 11.3 Å². The van der Waals surface area contributed by atoms with E-state index >= 15 is 0 Å². The van der Waals surface area contributed by atoms with E-state index in [0.717, 1.165) is 12.1 Å². The molecule has 3 aromatic rings. The molecule has 2 aromatic heterocycles. The number of aliphatic hydroxyl groups is 1. The first-order chi connectivity index (χ1) is 16.4. The Hall–Kier alpha value is -3.80. The number of rotatable bonds is 7. The third-order valence-electron chi connectivity index (χ3n) is 4.90. The zero-order valence-electron chi connectivity index (χ0n) is 18.6. The van der Waals surface area contributed by atoms with Crippen LogP contribution in [0.15, 0.2) is 42.9 Å². The molecule has 0 saturated heterocycles. The molecule has 1 aliphatic heterocycles. The second-order valence-electron chi connectivity index (χ2n) is 8.44. The predicted molar refractivity (Wildman–Crippen MR) is 116 cm³/mol. The van der Waals surface area contributed by atoms with Crippen LogP contribution >= 0.6 is 0 Å². The molecule has 35 heavy (non-hydrogen) atoms. The van der Waals surface area contributed by atoms with Gasteiger partial charge in [-0.05, 0) is 32.0 Å². The summed E-state index contributed by atoms with van der Waals surface area (Å²) >= 11 is 0. The van der Waals surface area contributed by atoms with Crippen LogP contribution in [-0.2, 0) is 6.54 Å². The molecular formula is C23H20F4N4O4. The molecule has 4 rings (SSSR count). The molecule has 3 heterocycles. The number of anilines is 1. The molecule has 0 saturated carbocycles. The smallest absolute Gasteiger partial charge is 0.422 e. The molecular weight excluding hydrogens is 472 g/mol. The lowest BCUT2D eigenvalue weighted by Gasteiger charge is -2.18. The molecule has 0 spiro atoms. The Morgan fingerprint density at radius 1 is 1.03 bits per heavy atom. The van der Waals surface area contributed by atoms with Crippen LogP contribution in [0.4, 0.5) is 23.4 Å². The number of halogens is 4. The number of aromatic nitrogens is 3. The molecule has 0 atom stereocenters. The zero-order chi connectivity index (χ0) is 25.4. The van der Waals surface area contributed by atoms with E-state index in [1.54, 1.807) is 13.8 Å². The molecule has 0 unspecified atom stereocenters. The SMILES string of the molecule is CC(C)(O)COc1cnc(N2Cc3c(ccnc3-c3ccc(F)cc3OCC(F)(F)F)C2=O)cn1. The average molecular weight is 492 g/mol. The minimum Gasteiger partial charge on any atom is -0.483 e. The highest BCUT2D eigenvalue weighted by molar-refractivity contribution is 6.10. The maximum absolute atomic E-state index is 13.8. The van der Waals surface area contributed by atoms with Crippen LogP contribution in [0.1, 0.15) is 29.8 Å². The Morgan fingerprint density at radius 2 is 1.80 bits per heavy atom. The van der Waals surface area contributed by atoms with Crippen LogP contribution in [0.2, 0.25) is 0 Å². The molecule has 12 heteroatoms. The number of benzene rings is 1. The van der Waals surface area contributed by atoms with Crippen molar-refractivity contribution in [1.29, 1.82) is 0 Å². The second kappa shape index (κ2) is 9.10. The van der Waals surface area contributed by atoms with Gasteiger partial charge in [-0.3, -0.25) is 14.7 Å². The molecule has 184 valence electrons. The monoisotopic (exact) mass is 492 g/mol. The van der Waals surface area contributed by atoms with Crippen molar-refractivity contribution in [3.05, 3.63) is 59.8 Å². The minimum absolute atomic E-state index is 0.00593. The Bertz CT molecular complexity index is 1240. The number of carbonyl (C=O) groups is 1. The third kappa shape index (κ3) is 5.65. The van der Waals surface area contributed by atoms with Crippen molar-refractivity contribution in [3.63, 3.8) is 0 Å². The highest BCUT2D eigenvalue weighted by atomic mass is 19.4. The molecule has 0 radical (unpaired) electrons. The number of hydrogen-bond acceptors (Lipinski definition) is 7. The van der Waals surface area contributed by atoms with E-state index in [1.165, 1.54) is 35.6 Å². The third-order valence-corrected chi connectivity index (χ3v) is 4.90. The summed E-state index contributed by atoms with van der Waals surface area (Å²) in [6, 6.07) is 4.65. The van der Waals surface area contributed by atoms with Gasteiger partial charge in [-0.15, -0.1) is 0 Å². The number of hydrogen-bond donors (Lipinski definition) is 1. The number of fused-ring (bicyclic) bond motifs is 1. The molecule has 1 aromatic carbocycles. The molecule has 1 amide bonds. The molecule has 0 bridgehead atoms. The molecule has 8 nitrogen and oxygen atoms in total. The fraction of sp³-hybridized carbons (Fsp3) is 0.304. The summed E-state index contributed by atoms with van der Waals surface area (Å²) in [5, 5.41) is 9.75. The lowest BCUT2D eigenvalue weighted by molar-refractivity contribution is -0.153. The van der Waals surface area contributed by atoms with E-state index in [-0.39, 0.29) is 47.4 Å². The maximum atomic E-state index is 13.8. The average Bonchev–Trinajstić information content (AvgIpc) is 3.13. The predicted octanol–water partition coefficient (Wildman–Crippen LogP) is 3.93. The Kier molecular flexibility index (Phi) is 6.32. The van der Waals surface area contributed by atoms with Crippen molar-refractivity contribution >= 4 is 11.7 Å². The van der Waals surface area contributed by atoms with Gasteiger partial charge in [0.15, 0.2) is 12.4 Å². The Balaban J connectivity index is 1.62. The van der Waals surface area contributed by atoms with Gasteiger partial charge >= 0.3 is 6.18 Å². The van der Waals surface area contributed by atoms with Crippen molar-refractivity contribution in [2.24, 2.45) is 0 Å². The molecule has 0 aliphatic carbocycles. The van der Waals surface area contributed by atoms with Crippen LogP contribution in [0.5, 0.6) is 11.6 Å². The highest BCUT2D eigenvalue weighted by Crippen LogP contribution is 2.38. The summed E-state index contributed by atoms with van der Waals surface area (Å²) in [5.74, 6) is -1.18. The number of nitrogens with zero attached hydrogens (tertiary/aromatic N) is 4. The number of amides is 1. The number of pyridine rings is 1. The van der Waals surface area contributed by atoms with Crippen LogP contribution in [0.3, 0.4) is 0 Å². The first-order valence-corrected chi connectivity index (χ1v) is 10.4. The van der Waals surface area contributed by atoms with Gasteiger partial charge in [0.05, 0.1) is 30.2 Å². The van der Waals surface area contributed by atoms with Gasteiger partial charge in [0.1, 0.15) is 18.2 Å². The van der Waals surface area contributed by atoms with E-state index in [9.17, 15) is 27.5 Å².